The van der Waals surface area contributed by atoms with Crippen LogP contribution < -0.4 is 46.8 Å². The van der Waals surface area contributed by atoms with Gasteiger partial charge in [0.15, 0.2) is 8.07 Å². The Morgan fingerprint density at radius 1 is 0.473 bits per heavy atom. The molecule has 0 fully saturated rings. The lowest BCUT2D eigenvalue weighted by Crippen LogP contribution is -2.75. The molecule has 0 bridgehead atoms. The van der Waals surface area contributed by atoms with Crippen molar-refractivity contribution in [3.63, 3.8) is 0 Å². The molecule has 0 atom stereocenters. The van der Waals surface area contributed by atoms with Crippen molar-refractivity contribution >= 4 is 69.0 Å². The molecular formula is C51H46BNOSi. The van der Waals surface area contributed by atoms with E-state index in [-0.39, 0.29) is 6.71 Å². The van der Waals surface area contributed by atoms with Crippen molar-refractivity contribution in [2.45, 2.75) is 59.3 Å². The molecule has 0 aliphatic carbocycles. The summed E-state index contributed by atoms with van der Waals surface area (Å²) in [5, 5.41) is 5.79. The summed E-state index contributed by atoms with van der Waals surface area (Å²) in [5.74, 6) is 3.07. The predicted octanol–water partition coefficient (Wildman–Crippen LogP) is 8.82. The Balaban J connectivity index is 1.26. The van der Waals surface area contributed by atoms with E-state index >= 15 is 0 Å². The Kier molecular flexibility index (Phi) is 7.87. The zero-order valence-electron chi connectivity index (χ0n) is 32.6. The van der Waals surface area contributed by atoms with Gasteiger partial charge in [0, 0.05) is 11.4 Å². The van der Waals surface area contributed by atoms with E-state index in [4.69, 9.17) is 4.74 Å². The van der Waals surface area contributed by atoms with Crippen LogP contribution in [0.2, 0.25) is 0 Å². The summed E-state index contributed by atoms with van der Waals surface area (Å²) in [5.41, 5.74) is 14.5. The fourth-order valence-electron chi connectivity index (χ4n) is 10.1. The van der Waals surface area contributed by atoms with E-state index < -0.39 is 8.07 Å². The van der Waals surface area contributed by atoms with Crippen molar-refractivity contribution in [3.8, 4) is 22.6 Å². The Labute approximate surface area is 327 Å². The van der Waals surface area contributed by atoms with Crippen LogP contribution in [0, 0.1) is 0 Å². The Morgan fingerprint density at radius 2 is 0.945 bits per heavy atom. The minimum absolute atomic E-state index is 0.0282. The number of benzene rings is 7. The monoisotopic (exact) mass is 727 g/mol. The van der Waals surface area contributed by atoms with Crippen LogP contribution in [0.15, 0.2) is 152 Å². The third-order valence-electron chi connectivity index (χ3n) is 12.5. The highest BCUT2D eigenvalue weighted by Crippen LogP contribution is 2.45. The van der Waals surface area contributed by atoms with Gasteiger partial charge < -0.3 is 9.64 Å². The van der Waals surface area contributed by atoms with Gasteiger partial charge in [0.1, 0.15) is 11.5 Å². The van der Waals surface area contributed by atoms with Crippen LogP contribution >= 0.6 is 0 Å². The molecule has 7 aromatic carbocycles. The van der Waals surface area contributed by atoms with Gasteiger partial charge in [-0.3, -0.25) is 0 Å². The van der Waals surface area contributed by atoms with E-state index in [1.165, 1.54) is 76.3 Å². The fourth-order valence-corrected chi connectivity index (χ4v) is 15.7. The number of hydrogen-bond donors (Lipinski definition) is 0. The first-order chi connectivity index (χ1) is 26.8. The minimum atomic E-state index is -2.67. The highest BCUT2D eigenvalue weighted by molar-refractivity contribution is 7.23. The van der Waals surface area contributed by atoms with Crippen LogP contribution in [-0.2, 0) is 0 Å². The Bertz CT molecular complexity index is 2530. The molecule has 0 amide bonds. The maximum atomic E-state index is 7.21. The van der Waals surface area contributed by atoms with E-state index in [2.05, 4.69) is 198 Å². The predicted molar refractivity (Wildman–Crippen MR) is 237 cm³/mol. The van der Waals surface area contributed by atoms with E-state index in [9.17, 15) is 0 Å². The molecule has 3 aliphatic rings. The van der Waals surface area contributed by atoms with Gasteiger partial charge in [-0.05, 0) is 102 Å². The normalized spacial score (nSPS) is 14.3. The second kappa shape index (κ2) is 12.7. The van der Waals surface area contributed by atoms with E-state index in [1.54, 1.807) is 0 Å². The van der Waals surface area contributed by atoms with Crippen LogP contribution in [0.4, 0.5) is 17.1 Å². The number of fused-ring (bicyclic) bond motifs is 11. The molecule has 0 aromatic heterocycles. The lowest BCUT2D eigenvalue weighted by atomic mass is 9.33. The lowest BCUT2D eigenvalue weighted by Gasteiger charge is -2.44. The first kappa shape index (κ1) is 34.0. The number of hydrogen-bond acceptors (Lipinski definition) is 2. The van der Waals surface area contributed by atoms with Crippen LogP contribution in [0.5, 0.6) is 11.5 Å². The SMILES string of the molecule is CC(C)c1cc(C(C)C)c(B2c3ccccc3Oc3c2cccc3N2c3ccccc3[Si]3(c4ccccc4-c4ccccc43)c3ccccc32)c(C(C)C)c1. The van der Waals surface area contributed by atoms with Gasteiger partial charge in [-0.1, -0.05) is 174 Å². The second-order valence-electron chi connectivity index (χ2n) is 16.6. The number of nitrogens with zero attached hydrogens (tertiary/aromatic N) is 1. The zero-order valence-corrected chi connectivity index (χ0v) is 33.6. The summed E-state index contributed by atoms with van der Waals surface area (Å²) in [6.07, 6.45) is 0. The zero-order chi connectivity index (χ0) is 37.6. The molecule has 1 spiro atoms. The summed E-state index contributed by atoms with van der Waals surface area (Å²) >= 11 is 0. The Morgan fingerprint density at radius 3 is 1.51 bits per heavy atom. The topological polar surface area (TPSA) is 12.5 Å². The third-order valence-corrected chi connectivity index (χ3v) is 17.5. The lowest BCUT2D eigenvalue weighted by molar-refractivity contribution is 0.488. The van der Waals surface area contributed by atoms with Crippen LogP contribution in [-0.4, -0.2) is 14.8 Å². The third kappa shape index (κ3) is 4.80. The molecule has 0 saturated heterocycles. The molecule has 4 heteroatoms. The van der Waals surface area contributed by atoms with Gasteiger partial charge in [-0.25, -0.2) is 0 Å². The van der Waals surface area contributed by atoms with Crippen LogP contribution in [0.25, 0.3) is 11.1 Å². The van der Waals surface area contributed by atoms with Gasteiger partial charge in [0.05, 0.1) is 5.69 Å². The average Bonchev–Trinajstić information content (AvgIpc) is 3.50. The van der Waals surface area contributed by atoms with E-state index in [0.717, 1.165) is 17.2 Å². The first-order valence-corrected chi connectivity index (χ1v) is 22.1. The maximum absolute atomic E-state index is 7.21. The first-order valence-electron chi connectivity index (χ1n) is 20.1. The fraction of sp³-hybridized carbons (Fsp3) is 0.176. The highest BCUT2D eigenvalue weighted by atomic mass is 28.3. The Hall–Kier alpha value is -5.58. The van der Waals surface area contributed by atoms with Crippen molar-refractivity contribution in [3.05, 3.63) is 168 Å². The number of para-hydroxylation sites is 4. The van der Waals surface area contributed by atoms with Gasteiger partial charge in [-0.15, -0.1) is 0 Å². The molecule has 10 rings (SSSR count). The van der Waals surface area contributed by atoms with E-state index in [0.29, 0.717) is 17.8 Å². The average molecular weight is 728 g/mol. The highest BCUT2D eigenvalue weighted by Gasteiger charge is 2.54. The van der Waals surface area contributed by atoms with Crippen molar-refractivity contribution < 1.29 is 4.74 Å². The van der Waals surface area contributed by atoms with Crippen LogP contribution in [0.3, 0.4) is 0 Å². The standard InChI is InChI=1S/C51H46BNOSi/c1-32(2)35-30-38(33(3)4)50(39(31-35)34(5)6)52-40-20-9-12-25-45(40)54-51-41(52)21-17-24-44(51)53-42-22-10-15-28-48(42)55(49-29-16-11-23-43(49)53)46-26-13-7-18-36(46)37-19-8-14-27-47(37)55/h7-34H,1-6H3. The largest absolute Gasteiger partial charge is 0.456 e. The van der Waals surface area contributed by atoms with Gasteiger partial charge in [0.2, 0.25) is 0 Å². The summed E-state index contributed by atoms with van der Waals surface area (Å²) in [6, 6.07) is 57.4. The van der Waals surface area contributed by atoms with Gasteiger partial charge >= 0.3 is 0 Å². The molecule has 0 N–H and O–H groups in total. The summed E-state index contributed by atoms with van der Waals surface area (Å²) in [4.78, 5) is 2.52. The molecule has 268 valence electrons. The molecule has 0 saturated carbocycles. The van der Waals surface area contributed by atoms with Crippen molar-refractivity contribution in [2.75, 3.05) is 4.90 Å². The molecular weight excluding hydrogens is 681 g/mol. The van der Waals surface area contributed by atoms with E-state index in [1.807, 2.05) is 0 Å². The number of anilines is 3. The molecule has 7 aromatic rings. The summed E-state index contributed by atoms with van der Waals surface area (Å²) in [6.45, 7) is 14.1. The van der Waals surface area contributed by atoms with Gasteiger partial charge in [-0.2, -0.15) is 0 Å². The quantitative estimate of drug-likeness (QED) is 0.165. The summed E-state index contributed by atoms with van der Waals surface area (Å²) in [7, 11) is -2.67. The molecule has 3 heterocycles. The maximum Gasteiger partial charge on any atom is 0.251 e. The number of ether oxygens (including phenoxy) is 1. The molecule has 55 heavy (non-hydrogen) atoms. The van der Waals surface area contributed by atoms with Gasteiger partial charge in [0.25, 0.3) is 6.71 Å². The summed E-state index contributed by atoms with van der Waals surface area (Å²) < 4.78 is 7.21. The minimum Gasteiger partial charge on any atom is -0.456 e. The van der Waals surface area contributed by atoms with Crippen molar-refractivity contribution in [1.82, 2.24) is 0 Å². The van der Waals surface area contributed by atoms with Crippen molar-refractivity contribution in [1.29, 1.82) is 0 Å². The second-order valence-corrected chi connectivity index (χ2v) is 20.2. The smallest absolute Gasteiger partial charge is 0.251 e. The van der Waals surface area contributed by atoms with Crippen molar-refractivity contribution in [2.24, 2.45) is 0 Å². The molecule has 2 nitrogen and oxygen atoms in total. The molecule has 0 radical (unpaired) electrons. The molecule has 0 unspecified atom stereocenters. The number of rotatable bonds is 5. The molecule has 3 aliphatic heterocycles. The van der Waals surface area contributed by atoms with Crippen LogP contribution in [0.1, 0.15) is 76.0 Å².